The Labute approximate surface area is 147 Å². The molecule has 0 radical (unpaired) electrons. The van der Waals surface area contributed by atoms with Gasteiger partial charge in [0.2, 0.25) is 0 Å². The van der Waals surface area contributed by atoms with Crippen LogP contribution >= 0.6 is 11.6 Å². The standard InChI is InChI=1S/C18H24ClN3O2/c1-6-13(7-2)22-10-16(19)21-17(18(22)23)20-14-8-12(4)15(24-5)9-11(14)3/h8-10,13H,6-7H2,1-5H3,(H,20,21). The number of aromatic nitrogens is 2. The van der Waals surface area contributed by atoms with Crippen molar-refractivity contribution in [2.75, 3.05) is 12.4 Å². The Kier molecular flexibility index (Phi) is 5.89. The number of hydrogen-bond donors (Lipinski definition) is 1. The first-order valence-corrected chi connectivity index (χ1v) is 8.49. The van der Waals surface area contributed by atoms with Crippen LogP contribution in [0.15, 0.2) is 23.1 Å². The number of ether oxygens (including phenoxy) is 1. The Morgan fingerprint density at radius 2 is 1.92 bits per heavy atom. The highest BCUT2D eigenvalue weighted by Crippen LogP contribution is 2.27. The third-order valence-electron chi connectivity index (χ3n) is 4.23. The second kappa shape index (κ2) is 7.71. The Hall–Kier alpha value is -2.01. The second-order valence-corrected chi connectivity index (χ2v) is 6.24. The molecule has 1 N–H and O–H groups in total. The molecule has 0 bridgehead atoms. The fourth-order valence-electron chi connectivity index (χ4n) is 2.79. The molecule has 0 spiro atoms. The number of benzene rings is 1. The fourth-order valence-corrected chi connectivity index (χ4v) is 2.98. The maximum absolute atomic E-state index is 12.8. The molecule has 0 fully saturated rings. The van der Waals surface area contributed by atoms with Crippen LogP contribution < -0.4 is 15.6 Å². The Bertz CT molecular complexity index is 783. The molecule has 0 aliphatic carbocycles. The maximum atomic E-state index is 12.8. The van der Waals surface area contributed by atoms with Crippen molar-refractivity contribution in [3.8, 4) is 5.75 Å². The monoisotopic (exact) mass is 349 g/mol. The molecular weight excluding hydrogens is 326 g/mol. The molecule has 0 aliphatic heterocycles. The predicted octanol–water partition coefficient (Wildman–Crippen LogP) is 4.63. The number of halogens is 1. The molecule has 130 valence electrons. The van der Waals surface area contributed by atoms with Gasteiger partial charge in [-0.15, -0.1) is 0 Å². The van der Waals surface area contributed by atoms with Crippen LogP contribution in [0.1, 0.15) is 43.9 Å². The van der Waals surface area contributed by atoms with E-state index in [0.29, 0.717) is 5.15 Å². The van der Waals surface area contributed by atoms with E-state index >= 15 is 0 Å². The highest BCUT2D eigenvalue weighted by molar-refractivity contribution is 6.29. The lowest BCUT2D eigenvalue weighted by Crippen LogP contribution is -2.27. The van der Waals surface area contributed by atoms with E-state index in [1.54, 1.807) is 17.9 Å². The average Bonchev–Trinajstić information content (AvgIpc) is 2.55. The van der Waals surface area contributed by atoms with Crippen LogP contribution in [0.3, 0.4) is 0 Å². The molecule has 1 aromatic heterocycles. The average molecular weight is 350 g/mol. The Morgan fingerprint density at radius 1 is 1.25 bits per heavy atom. The third kappa shape index (κ3) is 3.73. The normalized spacial score (nSPS) is 11.0. The summed E-state index contributed by atoms with van der Waals surface area (Å²) >= 11 is 6.13. The number of anilines is 2. The molecular formula is C18H24ClN3O2. The lowest BCUT2D eigenvalue weighted by molar-refractivity contribution is 0.411. The third-order valence-corrected chi connectivity index (χ3v) is 4.41. The van der Waals surface area contributed by atoms with Crippen LogP contribution in [0.5, 0.6) is 5.75 Å². The first kappa shape index (κ1) is 18.3. The molecule has 0 saturated carbocycles. The molecule has 2 aromatic rings. The topological polar surface area (TPSA) is 56.1 Å². The van der Waals surface area contributed by atoms with Crippen LogP contribution in [-0.4, -0.2) is 16.7 Å². The number of methoxy groups -OCH3 is 1. The van der Waals surface area contributed by atoms with Gasteiger partial charge in [-0.3, -0.25) is 4.79 Å². The highest BCUT2D eigenvalue weighted by Gasteiger charge is 2.15. The van der Waals surface area contributed by atoms with E-state index in [-0.39, 0.29) is 17.4 Å². The smallest absolute Gasteiger partial charge is 0.294 e. The summed E-state index contributed by atoms with van der Waals surface area (Å²) in [6, 6.07) is 3.98. The molecule has 2 rings (SSSR count). The van der Waals surface area contributed by atoms with E-state index in [0.717, 1.165) is 35.4 Å². The number of aryl methyl sites for hydroxylation is 2. The van der Waals surface area contributed by atoms with Crippen LogP contribution in [0, 0.1) is 13.8 Å². The van der Waals surface area contributed by atoms with Gasteiger partial charge in [0.1, 0.15) is 10.9 Å². The minimum Gasteiger partial charge on any atom is -0.496 e. The molecule has 1 aromatic carbocycles. The molecule has 1 heterocycles. The fraction of sp³-hybridized carbons (Fsp3) is 0.444. The SMILES string of the molecule is CCC(CC)n1cc(Cl)nc(Nc2cc(C)c(OC)cc2C)c1=O. The second-order valence-electron chi connectivity index (χ2n) is 5.86. The summed E-state index contributed by atoms with van der Waals surface area (Å²) in [5.74, 6) is 1.05. The minimum absolute atomic E-state index is 0.109. The summed E-state index contributed by atoms with van der Waals surface area (Å²) in [6.45, 7) is 8.02. The van der Waals surface area contributed by atoms with Crippen molar-refractivity contribution >= 4 is 23.1 Å². The van der Waals surface area contributed by atoms with Crippen molar-refractivity contribution in [3.05, 3.63) is 45.0 Å². The van der Waals surface area contributed by atoms with Crippen LogP contribution in [-0.2, 0) is 0 Å². The van der Waals surface area contributed by atoms with Gasteiger partial charge in [0.25, 0.3) is 5.56 Å². The molecule has 0 atom stereocenters. The van der Waals surface area contributed by atoms with Gasteiger partial charge in [0, 0.05) is 17.9 Å². The van der Waals surface area contributed by atoms with Crippen molar-refractivity contribution < 1.29 is 4.74 Å². The van der Waals surface area contributed by atoms with Crippen molar-refractivity contribution in [2.24, 2.45) is 0 Å². The lowest BCUT2D eigenvalue weighted by atomic mass is 10.1. The van der Waals surface area contributed by atoms with Gasteiger partial charge in [-0.2, -0.15) is 0 Å². The number of nitrogens with zero attached hydrogens (tertiary/aromatic N) is 2. The summed E-state index contributed by atoms with van der Waals surface area (Å²) in [7, 11) is 1.64. The molecule has 0 amide bonds. The Balaban J connectivity index is 2.47. The van der Waals surface area contributed by atoms with E-state index in [1.165, 1.54) is 0 Å². The van der Waals surface area contributed by atoms with Crippen LogP contribution in [0.2, 0.25) is 5.15 Å². The first-order chi connectivity index (χ1) is 11.4. The van der Waals surface area contributed by atoms with Gasteiger partial charge in [-0.05, 0) is 49.9 Å². The zero-order valence-electron chi connectivity index (χ0n) is 14.8. The molecule has 24 heavy (non-hydrogen) atoms. The van der Waals surface area contributed by atoms with E-state index in [9.17, 15) is 4.79 Å². The largest absolute Gasteiger partial charge is 0.496 e. The van der Waals surface area contributed by atoms with Gasteiger partial charge in [0.15, 0.2) is 5.82 Å². The maximum Gasteiger partial charge on any atom is 0.294 e. The predicted molar refractivity (Wildman–Crippen MR) is 98.9 cm³/mol. The van der Waals surface area contributed by atoms with Crippen LogP contribution in [0.25, 0.3) is 0 Å². The van der Waals surface area contributed by atoms with Gasteiger partial charge >= 0.3 is 0 Å². The summed E-state index contributed by atoms with van der Waals surface area (Å²) < 4.78 is 6.99. The Morgan fingerprint density at radius 3 is 2.50 bits per heavy atom. The molecule has 0 aliphatic rings. The van der Waals surface area contributed by atoms with Crippen molar-refractivity contribution in [3.63, 3.8) is 0 Å². The number of hydrogen-bond acceptors (Lipinski definition) is 4. The first-order valence-electron chi connectivity index (χ1n) is 8.12. The lowest BCUT2D eigenvalue weighted by Gasteiger charge is -2.18. The van der Waals surface area contributed by atoms with Gasteiger partial charge < -0.3 is 14.6 Å². The molecule has 6 heteroatoms. The number of nitrogens with one attached hydrogen (secondary N) is 1. The van der Waals surface area contributed by atoms with E-state index in [4.69, 9.17) is 16.3 Å². The molecule has 0 unspecified atom stereocenters. The summed E-state index contributed by atoms with van der Waals surface area (Å²) in [5.41, 5.74) is 2.60. The minimum atomic E-state index is -0.166. The quantitative estimate of drug-likeness (QED) is 0.826. The summed E-state index contributed by atoms with van der Waals surface area (Å²) in [5, 5.41) is 3.43. The highest BCUT2D eigenvalue weighted by atomic mass is 35.5. The van der Waals surface area contributed by atoms with E-state index < -0.39 is 0 Å². The van der Waals surface area contributed by atoms with Crippen molar-refractivity contribution in [1.29, 1.82) is 0 Å². The van der Waals surface area contributed by atoms with Gasteiger partial charge in [-0.1, -0.05) is 25.4 Å². The zero-order valence-corrected chi connectivity index (χ0v) is 15.6. The van der Waals surface area contributed by atoms with Crippen molar-refractivity contribution in [2.45, 2.75) is 46.6 Å². The van der Waals surface area contributed by atoms with Crippen molar-refractivity contribution in [1.82, 2.24) is 9.55 Å². The molecule has 0 saturated heterocycles. The van der Waals surface area contributed by atoms with Gasteiger partial charge in [0.05, 0.1) is 7.11 Å². The van der Waals surface area contributed by atoms with Crippen LogP contribution in [0.4, 0.5) is 11.5 Å². The molecule has 5 nitrogen and oxygen atoms in total. The number of rotatable bonds is 6. The summed E-state index contributed by atoms with van der Waals surface area (Å²) in [6.07, 6.45) is 3.33. The van der Waals surface area contributed by atoms with Gasteiger partial charge in [-0.25, -0.2) is 4.98 Å². The summed E-state index contributed by atoms with van der Waals surface area (Å²) in [4.78, 5) is 16.9. The van der Waals surface area contributed by atoms with E-state index in [2.05, 4.69) is 24.1 Å². The zero-order chi connectivity index (χ0) is 17.9. The van der Waals surface area contributed by atoms with E-state index in [1.807, 2.05) is 26.0 Å².